The molecule has 3 rings (SSSR count). The van der Waals surface area contributed by atoms with E-state index in [-0.39, 0.29) is 16.2 Å². The summed E-state index contributed by atoms with van der Waals surface area (Å²) in [5.41, 5.74) is 0.351. The second-order valence-electron chi connectivity index (χ2n) is 5.28. The summed E-state index contributed by atoms with van der Waals surface area (Å²) in [6, 6.07) is 15.5. The van der Waals surface area contributed by atoms with Gasteiger partial charge in [-0.25, -0.2) is 4.79 Å². The molecule has 3 aromatic rings. The lowest BCUT2D eigenvalue weighted by molar-refractivity contribution is -0.133. The summed E-state index contributed by atoms with van der Waals surface area (Å²) in [5, 5.41) is 0. The van der Waals surface area contributed by atoms with E-state index in [1.54, 1.807) is 42.5 Å². The Morgan fingerprint density at radius 1 is 0.962 bits per heavy atom. The molecule has 0 saturated heterocycles. The highest BCUT2D eigenvalue weighted by atomic mass is 32.1. The van der Waals surface area contributed by atoms with Crippen LogP contribution in [0.5, 0.6) is 11.5 Å². The largest absolute Gasteiger partial charge is 0.497 e. The van der Waals surface area contributed by atoms with Crippen LogP contribution >= 0.6 is 11.3 Å². The molecule has 0 fully saturated rings. The summed E-state index contributed by atoms with van der Waals surface area (Å²) >= 11 is 0.372. The smallest absolute Gasteiger partial charge is 0.426 e. The summed E-state index contributed by atoms with van der Waals surface area (Å²) in [6.45, 7) is 0. The normalized spacial score (nSPS) is 11.2. The quantitative estimate of drug-likeness (QED) is 0.434. The zero-order chi connectivity index (χ0) is 18.7. The van der Waals surface area contributed by atoms with Crippen molar-refractivity contribution in [2.75, 3.05) is 7.11 Å². The van der Waals surface area contributed by atoms with Crippen LogP contribution in [0.4, 0.5) is 13.2 Å². The van der Waals surface area contributed by atoms with Gasteiger partial charge in [-0.05, 0) is 35.9 Å². The van der Waals surface area contributed by atoms with Gasteiger partial charge in [0, 0.05) is 5.56 Å². The molecular weight excluding hydrogens is 365 g/mol. The van der Waals surface area contributed by atoms with E-state index in [9.17, 15) is 18.0 Å². The number of carbonyl (C=O) groups is 1. The van der Waals surface area contributed by atoms with Crippen LogP contribution in [0.1, 0.15) is 14.5 Å². The molecule has 0 saturated carbocycles. The minimum Gasteiger partial charge on any atom is -0.497 e. The van der Waals surface area contributed by atoms with E-state index >= 15 is 0 Å². The van der Waals surface area contributed by atoms with Gasteiger partial charge in [-0.1, -0.05) is 30.3 Å². The average Bonchev–Trinajstić information content (AvgIpc) is 3.09. The molecular formula is C19H13F3O3S. The first-order valence-electron chi connectivity index (χ1n) is 7.51. The van der Waals surface area contributed by atoms with Crippen molar-refractivity contribution in [1.29, 1.82) is 0 Å². The van der Waals surface area contributed by atoms with E-state index in [2.05, 4.69) is 0 Å². The topological polar surface area (TPSA) is 35.5 Å². The minimum absolute atomic E-state index is 0.0372. The van der Waals surface area contributed by atoms with Crippen LogP contribution in [0.25, 0.3) is 11.1 Å². The third-order valence-corrected chi connectivity index (χ3v) is 4.71. The maximum atomic E-state index is 13.4. The van der Waals surface area contributed by atoms with E-state index < -0.39 is 17.0 Å². The van der Waals surface area contributed by atoms with Gasteiger partial charge in [-0.15, -0.1) is 11.3 Å². The van der Waals surface area contributed by atoms with Crippen molar-refractivity contribution in [1.82, 2.24) is 0 Å². The van der Waals surface area contributed by atoms with Crippen molar-refractivity contribution < 1.29 is 27.4 Å². The zero-order valence-electron chi connectivity index (χ0n) is 13.5. The van der Waals surface area contributed by atoms with E-state index in [4.69, 9.17) is 9.47 Å². The first kappa shape index (κ1) is 18.0. The van der Waals surface area contributed by atoms with Crippen molar-refractivity contribution in [2.45, 2.75) is 6.18 Å². The summed E-state index contributed by atoms with van der Waals surface area (Å²) in [7, 11) is 1.50. The highest BCUT2D eigenvalue weighted by molar-refractivity contribution is 7.14. The van der Waals surface area contributed by atoms with Crippen molar-refractivity contribution in [2.24, 2.45) is 0 Å². The number of hydrogen-bond acceptors (Lipinski definition) is 4. The van der Waals surface area contributed by atoms with E-state index in [1.165, 1.54) is 25.3 Å². The Bertz CT molecular complexity index is 900. The van der Waals surface area contributed by atoms with Crippen LogP contribution in [0.2, 0.25) is 0 Å². The van der Waals surface area contributed by atoms with Gasteiger partial charge in [-0.3, -0.25) is 0 Å². The molecule has 7 heteroatoms. The van der Waals surface area contributed by atoms with E-state index in [1.807, 2.05) is 0 Å². The molecule has 2 aromatic carbocycles. The van der Waals surface area contributed by atoms with Gasteiger partial charge in [0.2, 0.25) is 0 Å². The molecule has 0 aliphatic carbocycles. The molecule has 0 atom stereocenters. The van der Waals surface area contributed by atoms with E-state index in [0.29, 0.717) is 22.6 Å². The fourth-order valence-corrected chi connectivity index (χ4v) is 3.26. The number of esters is 1. The molecule has 3 nitrogen and oxygen atoms in total. The average molecular weight is 378 g/mol. The monoisotopic (exact) mass is 378 g/mol. The number of thiophene rings is 1. The number of carbonyl (C=O) groups excluding carboxylic acids is 1. The molecule has 0 unspecified atom stereocenters. The molecule has 0 radical (unpaired) electrons. The Labute approximate surface area is 151 Å². The molecule has 134 valence electrons. The Balaban J connectivity index is 1.92. The SMILES string of the molecule is COc1ccc(OC(=O)c2cc(-c3ccccc3)c(C(F)(F)F)s2)cc1. The predicted molar refractivity (Wildman–Crippen MR) is 92.7 cm³/mol. The molecule has 0 amide bonds. The predicted octanol–water partition coefficient (Wildman–Crippen LogP) is 5.66. The lowest BCUT2D eigenvalue weighted by atomic mass is 10.1. The van der Waals surface area contributed by atoms with Gasteiger partial charge in [0.1, 0.15) is 21.3 Å². The number of alkyl halides is 3. The Hall–Kier alpha value is -2.80. The Kier molecular flexibility index (Phi) is 4.99. The fourth-order valence-electron chi connectivity index (χ4n) is 2.34. The molecule has 0 spiro atoms. The molecule has 0 aliphatic heterocycles. The highest BCUT2D eigenvalue weighted by Crippen LogP contribution is 2.43. The first-order chi connectivity index (χ1) is 12.4. The Morgan fingerprint density at radius 2 is 1.58 bits per heavy atom. The molecule has 1 aromatic heterocycles. The number of hydrogen-bond donors (Lipinski definition) is 0. The molecule has 26 heavy (non-hydrogen) atoms. The van der Waals surface area contributed by atoms with Gasteiger partial charge in [0.25, 0.3) is 0 Å². The van der Waals surface area contributed by atoms with Crippen LogP contribution < -0.4 is 9.47 Å². The number of methoxy groups -OCH3 is 1. The summed E-state index contributed by atoms with van der Waals surface area (Å²) in [4.78, 5) is 11.3. The molecule has 0 bridgehead atoms. The highest BCUT2D eigenvalue weighted by Gasteiger charge is 2.37. The minimum atomic E-state index is -4.56. The Morgan fingerprint density at radius 3 is 2.15 bits per heavy atom. The van der Waals surface area contributed by atoms with Crippen molar-refractivity contribution >= 4 is 17.3 Å². The lowest BCUT2D eigenvalue weighted by Gasteiger charge is -2.07. The van der Waals surface area contributed by atoms with Crippen molar-refractivity contribution in [3.8, 4) is 22.6 Å². The summed E-state index contributed by atoms with van der Waals surface area (Å²) < 4.78 is 50.3. The lowest BCUT2D eigenvalue weighted by Crippen LogP contribution is -2.06. The van der Waals surface area contributed by atoms with Gasteiger partial charge in [-0.2, -0.15) is 13.2 Å². The van der Waals surface area contributed by atoms with Crippen molar-refractivity contribution in [3.63, 3.8) is 0 Å². The second kappa shape index (κ2) is 7.21. The number of rotatable bonds is 4. The maximum absolute atomic E-state index is 13.4. The number of halogens is 3. The third kappa shape index (κ3) is 3.88. The standard InChI is InChI=1S/C19H13F3O3S/c1-24-13-7-9-14(10-8-13)25-18(23)16-11-15(12-5-3-2-4-6-12)17(26-16)19(20,21)22/h2-11H,1H3. The van der Waals surface area contributed by atoms with E-state index in [0.717, 1.165) is 0 Å². The second-order valence-corrected chi connectivity index (χ2v) is 6.33. The van der Waals surface area contributed by atoms with Gasteiger partial charge in [0.15, 0.2) is 0 Å². The zero-order valence-corrected chi connectivity index (χ0v) is 14.4. The summed E-state index contributed by atoms with van der Waals surface area (Å²) in [6.07, 6.45) is -4.56. The van der Waals surface area contributed by atoms with Crippen LogP contribution in [-0.4, -0.2) is 13.1 Å². The third-order valence-electron chi connectivity index (χ3n) is 3.55. The van der Waals surface area contributed by atoms with Crippen molar-refractivity contribution in [3.05, 3.63) is 70.4 Å². The number of ether oxygens (including phenoxy) is 2. The molecule has 0 N–H and O–H groups in total. The van der Waals surface area contributed by atoms with Crippen LogP contribution in [-0.2, 0) is 6.18 Å². The van der Waals surface area contributed by atoms with Crippen LogP contribution in [0, 0.1) is 0 Å². The van der Waals surface area contributed by atoms with Gasteiger partial charge < -0.3 is 9.47 Å². The van der Waals surface area contributed by atoms with Gasteiger partial charge in [0.05, 0.1) is 7.11 Å². The van der Waals surface area contributed by atoms with Gasteiger partial charge >= 0.3 is 12.1 Å². The molecule has 1 heterocycles. The number of benzene rings is 2. The fraction of sp³-hybridized carbons (Fsp3) is 0.105. The summed E-state index contributed by atoms with van der Waals surface area (Å²) in [5.74, 6) is -0.0430. The maximum Gasteiger partial charge on any atom is 0.426 e. The molecule has 0 aliphatic rings. The first-order valence-corrected chi connectivity index (χ1v) is 8.33. The van der Waals surface area contributed by atoms with Crippen LogP contribution in [0.3, 0.4) is 0 Å². The van der Waals surface area contributed by atoms with Crippen LogP contribution in [0.15, 0.2) is 60.7 Å².